The van der Waals surface area contributed by atoms with Crippen LogP contribution in [0.25, 0.3) is 11.1 Å². The third-order valence-electron chi connectivity index (χ3n) is 3.97. The summed E-state index contributed by atoms with van der Waals surface area (Å²) in [5, 5.41) is 0.851. The van der Waals surface area contributed by atoms with Gasteiger partial charge < -0.3 is 13.3 Å². The van der Waals surface area contributed by atoms with E-state index in [0.29, 0.717) is 30.9 Å². The van der Waals surface area contributed by atoms with Gasteiger partial charge in [0.05, 0.1) is 0 Å². The van der Waals surface area contributed by atoms with Crippen molar-refractivity contribution in [3.05, 3.63) is 54.1 Å². The Bertz CT molecular complexity index is 685. The van der Waals surface area contributed by atoms with Gasteiger partial charge in [0.25, 0.3) is 0 Å². The van der Waals surface area contributed by atoms with Crippen LogP contribution in [0, 0.1) is 11.6 Å². The van der Waals surface area contributed by atoms with Crippen LogP contribution in [0.15, 0.2) is 42.5 Å². The van der Waals surface area contributed by atoms with Gasteiger partial charge in [0, 0.05) is 36.6 Å². The Morgan fingerprint density at radius 1 is 0.741 bits per heavy atom. The van der Waals surface area contributed by atoms with Gasteiger partial charge in [-0.15, -0.1) is 0 Å². The lowest BCUT2D eigenvalue weighted by atomic mass is 10.1. The zero-order valence-electron chi connectivity index (χ0n) is 16.3. The number of hydrogen-bond donors (Lipinski definition) is 0. The molecule has 0 aliphatic rings. The lowest BCUT2D eigenvalue weighted by Crippen LogP contribution is -2.57. The van der Waals surface area contributed by atoms with Gasteiger partial charge in [0.1, 0.15) is 11.6 Å². The molecule has 2 aromatic carbocycles. The minimum Gasteiger partial charge on any atom is -0.370 e. The maximum Gasteiger partial charge on any atom is 0.537 e. The van der Waals surface area contributed by atoms with Crippen molar-refractivity contribution in [1.82, 2.24) is 0 Å². The maximum atomic E-state index is 14.1. The molecule has 27 heavy (non-hydrogen) atoms. The second kappa shape index (κ2) is 10.7. The molecule has 3 nitrogen and oxygen atoms in total. The fourth-order valence-corrected chi connectivity index (χ4v) is 5.41. The van der Waals surface area contributed by atoms with Crippen molar-refractivity contribution in [2.45, 2.75) is 40.0 Å². The minimum absolute atomic E-state index is 0.355. The third kappa shape index (κ3) is 5.69. The van der Waals surface area contributed by atoms with Crippen LogP contribution in [0.2, 0.25) is 0 Å². The molecule has 0 unspecified atom stereocenters. The Hall–Kier alpha value is -1.60. The zero-order chi connectivity index (χ0) is 19.7. The van der Waals surface area contributed by atoms with E-state index in [1.807, 2.05) is 32.9 Å². The molecule has 0 saturated heterocycles. The van der Waals surface area contributed by atoms with Gasteiger partial charge in [-0.05, 0) is 37.0 Å². The van der Waals surface area contributed by atoms with Crippen molar-refractivity contribution in [1.29, 1.82) is 0 Å². The molecule has 0 aliphatic heterocycles. The molecule has 0 N–H and O–H groups in total. The van der Waals surface area contributed by atoms with E-state index >= 15 is 0 Å². The molecule has 2 rings (SSSR count). The molecule has 0 aromatic heterocycles. The summed E-state index contributed by atoms with van der Waals surface area (Å²) in [5.74, 6) is -1.17. The zero-order valence-corrected chi connectivity index (χ0v) is 17.3. The Balaban J connectivity index is 2.36. The van der Waals surface area contributed by atoms with E-state index in [1.54, 1.807) is 12.1 Å². The summed E-state index contributed by atoms with van der Waals surface area (Å²) in [6.07, 6.45) is 2.58. The fraction of sp³-hybridized carbons (Fsp3) is 0.429. The summed E-state index contributed by atoms with van der Waals surface area (Å²) in [5.41, 5.74) is 1.02. The predicted molar refractivity (Wildman–Crippen MR) is 106 cm³/mol. The first-order chi connectivity index (χ1) is 13.1. The van der Waals surface area contributed by atoms with Crippen LogP contribution in [-0.4, -0.2) is 28.6 Å². The minimum atomic E-state index is -3.03. The highest BCUT2D eigenvalue weighted by molar-refractivity contribution is 6.75. The Kier molecular flexibility index (Phi) is 8.56. The van der Waals surface area contributed by atoms with E-state index in [-0.39, 0.29) is 0 Å². The summed E-state index contributed by atoms with van der Waals surface area (Å²) in [4.78, 5) is 0. The second-order valence-electron chi connectivity index (χ2n) is 6.30. The van der Waals surface area contributed by atoms with Crippen LogP contribution in [0.5, 0.6) is 0 Å². The van der Waals surface area contributed by atoms with Crippen LogP contribution < -0.4 is 5.19 Å². The van der Waals surface area contributed by atoms with E-state index in [4.69, 9.17) is 13.3 Å². The topological polar surface area (TPSA) is 27.7 Å². The smallest absolute Gasteiger partial charge is 0.370 e. The Labute approximate surface area is 161 Å². The molecular formula is C21H28F2O3Si. The lowest BCUT2D eigenvalue weighted by molar-refractivity contribution is 0.0732. The molecule has 0 heterocycles. The van der Waals surface area contributed by atoms with Gasteiger partial charge in [0.2, 0.25) is 0 Å². The van der Waals surface area contributed by atoms with Gasteiger partial charge >= 0.3 is 8.80 Å². The van der Waals surface area contributed by atoms with Crippen molar-refractivity contribution < 1.29 is 22.1 Å². The van der Waals surface area contributed by atoms with Crippen LogP contribution in [-0.2, 0) is 13.3 Å². The Morgan fingerprint density at radius 3 is 1.70 bits per heavy atom. The summed E-state index contributed by atoms with van der Waals surface area (Å²) in [6, 6.07) is 10.9. The Morgan fingerprint density at radius 2 is 1.26 bits per heavy atom. The largest absolute Gasteiger partial charge is 0.537 e. The molecule has 0 aliphatic carbocycles. The van der Waals surface area contributed by atoms with Crippen LogP contribution >= 0.6 is 0 Å². The number of halogens is 2. The van der Waals surface area contributed by atoms with Crippen LogP contribution in [0.4, 0.5) is 8.78 Å². The first-order valence-electron chi connectivity index (χ1n) is 9.54. The van der Waals surface area contributed by atoms with Gasteiger partial charge in [-0.1, -0.05) is 45.0 Å². The average Bonchev–Trinajstić information content (AvgIpc) is 2.68. The van der Waals surface area contributed by atoms with E-state index in [2.05, 4.69) is 0 Å². The van der Waals surface area contributed by atoms with Gasteiger partial charge in [-0.2, -0.15) is 0 Å². The van der Waals surface area contributed by atoms with E-state index in [9.17, 15) is 8.78 Å². The van der Waals surface area contributed by atoms with Gasteiger partial charge in [-0.3, -0.25) is 0 Å². The fourth-order valence-electron chi connectivity index (χ4n) is 2.66. The monoisotopic (exact) mass is 394 g/mol. The lowest BCUT2D eigenvalue weighted by Gasteiger charge is -2.30. The highest BCUT2D eigenvalue weighted by Gasteiger charge is 2.43. The van der Waals surface area contributed by atoms with Gasteiger partial charge in [-0.25, -0.2) is 8.78 Å². The summed E-state index contributed by atoms with van der Waals surface area (Å²) < 4.78 is 45.6. The van der Waals surface area contributed by atoms with Crippen molar-refractivity contribution in [3.63, 3.8) is 0 Å². The molecule has 0 radical (unpaired) electrons. The quantitative estimate of drug-likeness (QED) is 0.499. The second-order valence-corrected chi connectivity index (χ2v) is 8.86. The molecule has 0 spiro atoms. The number of hydrogen-bond acceptors (Lipinski definition) is 3. The van der Waals surface area contributed by atoms with E-state index in [0.717, 1.165) is 30.5 Å². The van der Waals surface area contributed by atoms with E-state index < -0.39 is 20.4 Å². The molecule has 2 aromatic rings. The average molecular weight is 395 g/mol. The molecule has 148 valence electrons. The number of benzene rings is 2. The third-order valence-corrected chi connectivity index (χ3v) is 6.76. The molecule has 0 amide bonds. The highest BCUT2D eigenvalue weighted by atomic mass is 28.4. The standard InChI is InChI=1S/C21H28F2O3Si/c1-4-13-24-27(25-14-5-2,26-15-6-3)19-10-7-17(8-11-19)20-12-9-18(22)16-21(20)23/h7-12,16H,4-6,13-15H2,1-3H3. The summed E-state index contributed by atoms with van der Waals surface area (Å²) in [7, 11) is -3.03. The van der Waals surface area contributed by atoms with Gasteiger partial charge in [0.15, 0.2) is 0 Å². The summed E-state index contributed by atoms with van der Waals surface area (Å²) in [6.45, 7) is 7.77. The molecular weight excluding hydrogens is 366 g/mol. The molecule has 0 saturated carbocycles. The van der Waals surface area contributed by atoms with Crippen molar-refractivity contribution in [2.75, 3.05) is 19.8 Å². The number of rotatable bonds is 11. The molecule has 0 fully saturated rings. The molecule has 0 atom stereocenters. The molecule has 0 bridgehead atoms. The van der Waals surface area contributed by atoms with Crippen LogP contribution in [0.3, 0.4) is 0 Å². The van der Waals surface area contributed by atoms with Crippen LogP contribution in [0.1, 0.15) is 40.0 Å². The first-order valence-corrected chi connectivity index (χ1v) is 11.3. The van der Waals surface area contributed by atoms with Crippen molar-refractivity contribution in [2.24, 2.45) is 0 Å². The highest BCUT2D eigenvalue weighted by Crippen LogP contribution is 2.23. The predicted octanol–water partition coefficient (Wildman–Crippen LogP) is 5.06. The molecule has 6 heteroatoms. The first kappa shape index (κ1) is 21.7. The SMILES string of the molecule is CCCO[Si](OCCC)(OCCC)c1ccc(-c2ccc(F)cc2F)cc1. The van der Waals surface area contributed by atoms with Crippen molar-refractivity contribution >= 4 is 14.0 Å². The normalized spacial score (nSPS) is 11.7. The maximum absolute atomic E-state index is 14.1. The van der Waals surface area contributed by atoms with E-state index in [1.165, 1.54) is 12.1 Å². The summed E-state index contributed by atoms with van der Waals surface area (Å²) >= 11 is 0. The van der Waals surface area contributed by atoms with Crippen molar-refractivity contribution in [3.8, 4) is 11.1 Å².